The number of aromatic hydroxyl groups is 2. The molecular formula is C18H14Cl4O3. The van der Waals surface area contributed by atoms with Crippen molar-refractivity contribution in [3.63, 3.8) is 0 Å². The Labute approximate surface area is 165 Å². The van der Waals surface area contributed by atoms with Gasteiger partial charge in [0, 0.05) is 27.6 Å². The fourth-order valence-corrected chi connectivity index (χ4v) is 4.03. The lowest BCUT2D eigenvalue weighted by Gasteiger charge is -2.14. The smallest absolute Gasteiger partial charge is 0.160 e. The van der Waals surface area contributed by atoms with Crippen molar-refractivity contribution in [1.29, 1.82) is 0 Å². The fourth-order valence-electron chi connectivity index (χ4n) is 2.72. The van der Waals surface area contributed by atoms with Crippen LogP contribution < -0.4 is 0 Å². The Morgan fingerprint density at radius 3 is 1.68 bits per heavy atom. The molecule has 0 bridgehead atoms. The van der Waals surface area contributed by atoms with E-state index < -0.39 is 5.60 Å². The first-order valence-corrected chi connectivity index (χ1v) is 8.89. The maximum Gasteiger partial charge on any atom is 0.160 e. The predicted octanol–water partition coefficient (Wildman–Crippen LogP) is 6.47. The summed E-state index contributed by atoms with van der Waals surface area (Å²) < 4.78 is 5.70. The molecule has 1 heterocycles. The highest BCUT2D eigenvalue weighted by Crippen LogP contribution is 2.50. The minimum Gasteiger partial charge on any atom is -0.508 e. The Hall–Kier alpha value is -1.26. The van der Waals surface area contributed by atoms with Crippen molar-refractivity contribution in [1.82, 2.24) is 0 Å². The van der Waals surface area contributed by atoms with Crippen LogP contribution in [-0.4, -0.2) is 15.8 Å². The predicted molar refractivity (Wildman–Crippen MR) is 102 cm³/mol. The number of halogens is 4. The molecular weight excluding hydrogens is 406 g/mol. The first-order chi connectivity index (χ1) is 11.6. The van der Waals surface area contributed by atoms with Crippen molar-refractivity contribution >= 4 is 52.0 Å². The summed E-state index contributed by atoms with van der Waals surface area (Å²) in [6, 6.07) is 5.67. The van der Waals surface area contributed by atoms with Crippen LogP contribution in [0, 0.1) is 0 Å². The quantitative estimate of drug-likeness (QED) is 0.560. The first kappa shape index (κ1) is 18.5. The maximum atomic E-state index is 9.68. The van der Waals surface area contributed by atoms with Crippen LogP contribution in [0.25, 0.3) is 5.57 Å². The molecule has 0 radical (unpaired) electrons. The zero-order chi connectivity index (χ0) is 18.5. The zero-order valence-electron chi connectivity index (χ0n) is 13.3. The van der Waals surface area contributed by atoms with Gasteiger partial charge < -0.3 is 14.9 Å². The van der Waals surface area contributed by atoms with Gasteiger partial charge in [-0.1, -0.05) is 46.4 Å². The Kier molecular flexibility index (Phi) is 4.80. The average Bonchev–Trinajstić information content (AvgIpc) is 3.08. The highest BCUT2D eigenvalue weighted by molar-refractivity contribution is 6.38. The number of phenols is 2. The van der Waals surface area contributed by atoms with Gasteiger partial charge in [-0.2, -0.15) is 0 Å². The molecule has 1 aliphatic heterocycles. The normalized spacial score (nSPS) is 17.2. The second-order valence-corrected chi connectivity index (χ2v) is 7.90. The molecule has 3 nitrogen and oxygen atoms in total. The molecule has 0 aromatic heterocycles. The zero-order valence-corrected chi connectivity index (χ0v) is 16.4. The van der Waals surface area contributed by atoms with E-state index in [0.717, 1.165) is 11.3 Å². The van der Waals surface area contributed by atoms with E-state index in [2.05, 4.69) is 0 Å². The number of rotatable bonds is 3. The van der Waals surface area contributed by atoms with Crippen molar-refractivity contribution in [2.75, 3.05) is 0 Å². The first-order valence-electron chi connectivity index (χ1n) is 7.38. The number of allylic oxidation sites excluding steroid dienone is 1. The van der Waals surface area contributed by atoms with E-state index in [1.807, 2.05) is 13.8 Å². The SMILES string of the molecule is CC1(C)OC1=C(Cc1c(Cl)cc(O)cc1Cl)c1c(Cl)cc(O)cc1Cl. The molecule has 132 valence electrons. The van der Waals surface area contributed by atoms with Gasteiger partial charge in [0.05, 0.1) is 10.0 Å². The van der Waals surface area contributed by atoms with Crippen LogP contribution in [0.2, 0.25) is 20.1 Å². The highest BCUT2D eigenvalue weighted by Gasteiger charge is 2.46. The van der Waals surface area contributed by atoms with Gasteiger partial charge in [-0.15, -0.1) is 0 Å². The van der Waals surface area contributed by atoms with Crippen molar-refractivity contribution in [2.24, 2.45) is 0 Å². The van der Waals surface area contributed by atoms with Gasteiger partial charge in [-0.3, -0.25) is 0 Å². The molecule has 0 spiro atoms. The Morgan fingerprint density at radius 2 is 1.28 bits per heavy atom. The molecule has 2 aromatic carbocycles. The molecule has 1 saturated heterocycles. The van der Waals surface area contributed by atoms with E-state index in [-0.39, 0.29) is 11.5 Å². The number of benzene rings is 2. The molecule has 0 saturated carbocycles. The summed E-state index contributed by atoms with van der Waals surface area (Å²) in [5.41, 5.74) is 1.46. The van der Waals surface area contributed by atoms with Crippen molar-refractivity contribution in [2.45, 2.75) is 25.9 Å². The third-order valence-electron chi connectivity index (χ3n) is 3.94. The van der Waals surface area contributed by atoms with Crippen LogP contribution in [-0.2, 0) is 11.2 Å². The molecule has 25 heavy (non-hydrogen) atoms. The van der Waals surface area contributed by atoms with Gasteiger partial charge in [-0.05, 0) is 43.7 Å². The molecule has 2 aromatic rings. The van der Waals surface area contributed by atoms with Crippen LogP contribution >= 0.6 is 46.4 Å². The minimum absolute atomic E-state index is 0.0170. The minimum atomic E-state index is -0.449. The van der Waals surface area contributed by atoms with Crippen LogP contribution in [0.5, 0.6) is 11.5 Å². The number of epoxide rings is 1. The van der Waals surface area contributed by atoms with Gasteiger partial charge in [0.2, 0.25) is 0 Å². The van der Waals surface area contributed by atoms with E-state index in [0.29, 0.717) is 37.6 Å². The van der Waals surface area contributed by atoms with E-state index in [1.165, 1.54) is 24.3 Å². The summed E-state index contributed by atoms with van der Waals surface area (Å²) in [6.45, 7) is 3.84. The van der Waals surface area contributed by atoms with Crippen molar-refractivity contribution in [3.8, 4) is 11.5 Å². The Balaban J connectivity index is 2.17. The number of hydrogen-bond acceptors (Lipinski definition) is 3. The van der Waals surface area contributed by atoms with Crippen LogP contribution in [0.15, 0.2) is 30.0 Å². The molecule has 0 unspecified atom stereocenters. The lowest BCUT2D eigenvalue weighted by molar-refractivity contribution is 0.354. The molecule has 3 rings (SSSR count). The third-order valence-corrected chi connectivity index (χ3v) is 5.22. The van der Waals surface area contributed by atoms with Crippen LogP contribution in [0.4, 0.5) is 0 Å². The summed E-state index contributed by atoms with van der Waals surface area (Å²) in [5.74, 6) is 0.679. The molecule has 0 aliphatic carbocycles. The Morgan fingerprint density at radius 1 is 0.880 bits per heavy atom. The van der Waals surface area contributed by atoms with Gasteiger partial charge in [0.15, 0.2) is 5.60 Å². The largest absolute Gasteiger partial charge is 0.508 e. The monoisotopic (exact) mass is 418 g/mol. The van der Waals surface area contributed by atoms with E-state index in [9.17, 15) is 10.2 Å². The second kappa shape index (κ2) is 6.48. The lowest BCUT2D eigenvalue weighted by atomic mass is 9.94. The molecule has 1 aliphatic rings. The highest BCUT2D eigenvalue weighted by atomic mass is 35.5. The van der Waals surface area contributed by atoms with E-state index >= 15 is 0 Å². The van der Waals surface area contributed by atoms with Gasteiger partial charge in [0.1, 0.15) is 17.3 Å². The molecule has 7 heteroatoms. The second-order valence-electron chi connectivity index (χ2n) is 6.27. The van der Waals surface area contributed by atoms with Crippen molar-refractivity contribution in [3.05, 3.63) is 61.2 Å². The number of ether oxygens (including phenoxy) is 1. The lowest BCUT2D eigenvalue weighted by Crippen LogP contribution is -2.00. The third kappa shape index (κ3) is 3.65. The summed E-state index contributed by atoms with van der Waals surface area (Å²) in [7, 11) is 0. The van der Waals surface area contributed by atoms with Gasteiger partial charge >= 0.3 is 0 Å². The molecule has 0 atom stereocenters. The summed E-state index contributed by atoms with van der Waals surface area (Å²) in [5, 5.41) is 20.5. The molecule has 2 N–H and O–H groups in total. The summed E-state index contributed by atoms with van der Waals surface area (Å²) >= 11 is 25.2. The fraction of sp³-hybridized carbons (Fsp3) is 0.222. The van der Waals surface area contributed by atoms with Crippen LogP contribution in [0.1, 0.15) is 25.0 Å². The van der Waals surface area contributed by atoms with E-state index in [4.69, 9.17) is 51.1 Å². The standard InChI is InChI=1S/C18H14Cl4O3/c1-18(2)17(25-18)11(16-14(21)5-9(24)6-15(16)22)7-10-12(19)3-8(23)4-13(10)20/h3-6,23-24H,7H2,1-2H3. The summed E-state index contributed by atoms with van der Waals surface area (Å²) in [4.78, 5) is 0. The maximum absolute atomic E-state index is 9.68. The molecule has 0 amide bonds. The Bertz CT molecular complexity index is 857. The topological polar surface area (TPSA) is 53.0 Å². The van der Waals surface area contributed by atoms with Gasteiger partial charge in [-0.25, -0.2) is 0 Å². The van der Waals surface area contributed by atoms with Gasteiger partial charge in [0.25, 0.3) is 0 Å². The summed E-state index contributed by atoms with van der Waals surface area (Å²) in [6.07, 6.45) is 0.306. The number of hydrogen-bond donors (Lipinski definition) is 2. The van der Waals surface area contributed by atoms with Crippen LogP contribution in [0.3, 0.4) is 0 Å². The average molecular weight is 420 g/mol. The molecule has 1 fully saturated rings. The van der Waals surface area contributed by atoms with E-state index in [1.54, 1.807) is 0 Å². The van der Waals surface area contributed by atoms with Crippen molar-refractivity contribution < 1.29 is 14.9 Å². The number of phenolic OH excluding ortho intramolecular Hbond substituents is 2.